The van der Waals surface area contributed by atoms with Crippen molar-refractivity contribution in [2.45, 2.75) is 6.61 Å². The summed E-state index contributed by atoms with van der Waals surface area (Å²) in [5.41, 5.74) is 4.50. The molecule has 0 saturated carbocycles. The molecule has 0 saturated heterocycles. The average molecular weight is 386 g/mol. The predicted octanol–water partition coefficient (Wildman–Crippen LogP) is 3.45. The summed E-state index contributed by atoms with van der Waals surface area (Å²) in [6.45, 7) is -2.99. The van der Waals surface area contributed by atoms with Crippen molar-refractivity contribution in [2.24, 2.45) is 5.10 Å². The quantitative estimate of drug-likeness (QED) is 0.481. The van der Waals surface area contributed by atoms with Gasteiger partial charge in [0.05, 0.1) is 19.0 Å². The summed E-state index contributed by atoms with van der Waals surface area (Å²) in [7, 11) is 1.34. The summed E-state index contributed by atoms with van der Waals surface area (Å²) in [4.78, 5) is 12.2. The molecule has 0 aliphatic carbocycles. The van der Waals surface area contributed by atoms with Crippen LogP contribution in [-0.2, 0) is 0 Å². The molecule has 144 valence electrons. The molecule has 0 aliphatic rings. The normalized spacial score (nSPS) is 11.0. The third-order valence-corrected chi connectivity index (χ3v) is 3.68. The second-order valence-corrected chi connectivity index (χ2v) is 5.52. The van der Waals surface area contributed by atoms with Crippen LogP contribution in [0, 0.1) is 0 Å². The molecule has 1 aromatic heterocycles. The molecule has 0 spiro atoms. The molecule has 2 N–H and O–H groups in total. The Morgan fingerprint density at radius 1 is 1.18 bits per heavy atom. The predicted molar refractivity (Wildman–Crippen MR) is 98.7 cm³/mol. The number of aromatic nitrogens is 2. The SMILES string of the molecule is COc1ccc(/C=N\NC(=O)c2cc(-c3ccccc3)n[nH]2)cc1OC(F)F. The first-order valence-electron chi connectivity index (χ1n) is 8.14. The van der Waals surface area contributed by atoms with Crippen LogP contribution in [0.15, 0.2) is 59.7 Å². The van der Waals surface area contributed by atoms with Gasteiger partial charge in [0.15, 0.2) is 11.5 Å². The number of carbonyl (C=O) groups excluding carboxylic acids is 1. The van der Waals surface area contributed by atoms with Crippen LogP contribution in [0.2, 0.25) is 0 Å². The number of nitrogens with zero attached hydrogens (tertiary/aromatic N) is 2. The van der Waals surface area contributed by atoms with Crippen LogP contribution in [0.25, 0.3) is 11.3 Å². The lowest BCUT2D eigenvalue weighted by Crippen LogP contribution is -2.18. The Morgan fingerprint density at radius 2 is 1.96 bits per heavy atom. The topological polar surface area (TPSA) is 88.6 Å². The largest absolute Gasteiger partial charge is 0.493 e. The Kier molecular flexibility index (Phi) is 5.95. The first-order chi connectivity index (χ1) is 13.6. The maximum atomic E-state index is 12.5. The van der Waals surface area contributed by atoms with E-state index in [0.717, 1.165) is 5.56 Å². The van der Waals surface area contributed by atoms with Gasteiger partial charge in [-0.25, -0.2) is 5.43 Å². The molecule has 2 aromatic carbocycles. The van der Waals surface area contributed by atoms with Crippen molar-refractivity contribution in [2.75, 3.05) is 7.11 Å². The Bertz CT molecular complexity index is 974. The number of alkyl halides is 2. The number of ether oxygens (including phenoxy) is 2. The smallest absolute Gasteiger partial charge is 0.387 e. The second-order valence-electron chi connectivity index (χ2n) is 5.52. The van der Waals surface area contributed by atoms with E-state index in [1.807, 2.05) is 30.3 Å². The van der Waals surface area contributed by atoms with Crippen LogP contribution in [0.1, 0.15) is 16.1 Å². The maximum Gasteiger partial charge on any atom is 0.387 e. The number of hydrogen-bond donors (Lipinski definition) is 2. The van der Waals surface area contributed by atoms with Crippen LogP contribution in [0.4, 0.5) is 8.78 Å². The Morgan fingerprint density at radius 3 is 2.68 bits per heavy atom. The van der Waals surface area contributed by atoms with E-state index >= 15 is 0 Å². The molecule has 9 heteroatoms. The molecule has 3 rings (SSSR count). The maximum absolute atomic E-state index is 12.5. The van der Waals surface area contributed by atoms with E-state index in [0.29, 0.717) is 11.3 Å². The van der Waals surface area contributed by atoms with Crippen molar-refractivity contribution in [1.29, 1.82) is 0 Å². The third kappa shape index (κ3) is 4.70. The number of hydrazone groups is 1. The van der Waals surface area contributed by atoms with Gasteiger partial charge in [0.25, 0.3) is 5.91 Å². The van der Waals surface area contributed by atoms with Gasteiger partial charge >= 0.3 is 6.61 Å². The lowest BCUT2D eigenvalue weighted by molar-refractivity contribution is -0.0512. The number of halogens is 2. The van der Waals surface area contributed by atoms with E-state index in [-0.39, 0.29) is 17.2 Å². The van der Waals surface area contributed by atoms with E-state index in [1.54, 1.807) is 12.1 Å². The molecular weight excluding hydrogens is 370 g/mol. The highest BCUT2D eigenvalue weighted by molar-refractivity contribution is 5.94. The Balaban J connectivity index is 1.66. The van der Waals surface area contributed by atoms with Crippen molar-refractivity contribution in [3.8, 4) is 22.8 Å². The van der Waals surface area contributed by atoms with Crippen LogP contribution in [0.5, 0.6) is 11.5 Å². The zero-order valence-electron chi connectivity index (χ0n) is 14.7. The molecule has 0 aliphatic heterocycles. The summed E-state index contributed by atoms with van der Waals surface area (Å²) >= 11 is 0. The fourth-order valence-electron chi connectivity index (χ4n) is 2.38. The second kappa shape index (κ2) is 8.76. The van der Waals surface area contributed by atoms with E-state index in [4.69, 9.17) is 4.74 Å². The summed E-state index contributed by atoms with van der Waals surface area (Å²) in [6, 6.07) is 15.3. The molecule has 28 heavy (non-hydrogen) atoms. The number of aromatic amines is 1. The van der Waals surface area contributed by atoms with Crippen molar-refractivity contribution >= 4 is 12.1 Å². The number of benzene rings is 2. The van der Waals surface area contributed by atoms with Crippen molar-refractivity contribution in [1.82, 2.24) is 15.6 Å². The average Bonchev–Trinajstić information content (AvgIpc) is 3.19. The van der Waals surface area contributed by atoms with Gasteiger partial charge in [0.2, 0.25) is 0 Å². The molecule has 0 unspecified atom stereocenters. The number of amides is 1. The van der Waals surface area contributed by atoms with Gasteiger partial charge < -0.3 is 9.47 Å². The lowest BCUT2D eigenvalue weighted by atomic mass is 10.1. The number of H-pyrrole nitrogens is 1. The van der Waals surface area contributed by atoms with Gasteiger partial charge in [-0.15, -0.1) is 0 Å². The van der Waals surface area contributed by atoms with Gasteiger partial charge in [0, 0.05) is 5.56 Å². The fraction of sp³-hybridized carbons (Fsp3) is 0.105. The summed E-state index contributed by atoms with van der Waals surface area (Å²) in [5.74, 6) is -0.468. The van der Waals surface area contributed by atoms with Crippen LogP contribution in [0.3, 0.4) is 0 Å². The molecular formula is C19H16F2N4O3. The fourth-order valence-corrected chi connectivity index (χ4v) is 2.38. The lowest BCUT2D eigenvalue weighted by Gasteiger charge is -2.10. The summed E-state index contributed by atoms with van der Waals surface area (Å²) < 4.78 is 34.3. The number of rotatable bonds is 7. The van der Waals surface area contributed by atoms with Crippen LogP contribution in [-0.4, -0.2) is 36.0 Å². The van der Waals surface area contributed by atoms with Crippen molar-refractivity contribution < 1.29 is 23.0 Å². The molecule has 3 aromatic rings. The number of methoxy groups -OCH3 is 1. The van der Waals surface area contributed by atoms with Gasteiger partial charge in [-0.2, -0.15) is 19.0 Å². The van der Waals surface area contributed by atoms with Crippen molar-refractivity contribution in [3.05, 3.63) is 65.9 Å². The minimum absolute atomic E-state index is 0.131. The Labute approximate surface area is 159 Å². The van der Waals surface area contributed by atoms with Crippen molar-refractivity contribution in [3.63, 3.8) is 0 Å². The zero-order chi connectivity index (χ0) is 19.9. The van der Waals surface area contributed by atoms with Gasteiger partial charge in [-0.1, -0.05) is 30.3 Å². The molecule has 0 radical (unpaired) electrons. The van der Waals surface area contributed by atoms with E-state index in [1.165, 1.54) is 25.5 Å². The Hall–Kier alpha value is -3.75. The molecule has 1 heterocycles. The standard InChI is InChI=1S/C19H16F2N4O3/c1-27-16-8-7-12(9-17(16)28-19(20)21)11-22-25-18(26)15-10-14(23-24-15)13-5-3-2-4-6-13/h2-11,19H,1H3,(H,23,24)(H,25,26)/b22-11-. The number of nitrogens with one attached hydrogen (secondary N) is 2. The third-order valence-electron chi connectivity index (χ3n) is 3.68. The van der Waals surface area contributed by atoms with Gasteiger partial charge in [-0.3, -0.25) is 9.89 Å². The van der Waals surface area contributed by atoms with Crippen LogP contribution < -0.4 is 14.9 Å². The number of hydrogen-bond acceptors (Lipinski definition) is 5. The van der Waals surface area contributed by atoms with E-state index in [9.17, 15) is 13.6 Å². The minimum atomic E-state index is -2.99. The summed E-state index contributed by atoms with van der Waals surface area (Å²) in [6.07, 6.45) is 1.30. The zero-order valence-corrected chi connectivity index (χ0v) is 14.7. The highest BCUT2D eigenvalue weighted by atomic mass is 19.3. The monoisotopic (exact) mass is 386 g/mol. The van der Waals surface area contributed by atoms with E-state index < -0.39 is 12.5 Å². The molecule has 7 nitrogen and oxygen atoms in total. The minimum Gasteiger partial charge on any atom is -0.493 e. The molecule has 0 bridgehead atoms. The summed E-state index contributed by atoms with van der Waals surface area (Å²) in [5, 5.41) is 10.6. The number of carbonyl (C=O) groups is 1. The van der Waals surface area contributed by atoms with E-state index in [2.05, 4.69) is 25.5 Å². The molecule has 0 atom stereocenters. The highest BCUT2D eigenvalue weighted by Gasteiger charge is 2.12. The van der Waals surface area contributed by atoms with Gasteiger partial charge in [-0.05, 0) is 29.8 Å². The highest BCUT2D eigenvalue weighted by Crippen LogP contribution is 2.28. The first kappa shape index (κ1) is 19.0. The molecule has 1 amide bonds. The first-order valence-corrected chi connectivity index (χ1v) is 8.14. The van der Waals surface area contributed by atoms with Crippen LogP contribution >= 0.6 is 0 Å². The van der Waals surface area contributed by atoms with Gasteiger partial charge in [0.1, 0.15) is 5.69 Å². The molecule has 0 fully saturated rings.